The largest absolute Gasteiger partial charge is 0.455 e. The molecule has 0 unspecified atom stereocenters. The molecule has 1 saturated heterocycles. The summed E-state index contributed by atoms with van der Waals surface area (Å²) in [6.07, 6.45) is -4.96. The van der Waals surface area contributed by atoms with Gasteiger partial charge in [-0.3, -0.25) is 9.59 Å². The lowest BCUT2D eigenvalue weighted by Crippen LogP contribution is -2.37. The van der Waals surface area contributed by atoms with Crippen LogP contribution in [0.4, 0.5) is 28.9 Å². The van der Waals surface area contributed by atoms with Crippen molar-refractivity contribution in [1.29, 1.82) is 0 Å². The minimum Gasteiger partial charge on any atom is -0.455 e. The van der Waals surface area contributed by atoms with E-state index in [4.69, 9.17) is 9.47 Å². The Balaban J connectivity index is 1.67. The Bertz CT molecular complexity index is 943. The predicted octanol–water partition coefficient (Wildman–Crippen LogP) is 3.41. The Kier molecular flexibility index (Phi) is 7.11. The molecule has 0 radical (unpaired) electrons. The van der Waals surface area contributed by atoms with Crippen molar-refractivity contribution >= 4 is 23.3 Å². The van der Waals surface area contributed by atoms with Crippen LogP contribution in [0.5, 0.6) is 0 Å². The van der Waals surface area contributed by atoms with Crippen molar-refractivity contribution in [2.45, 2.75) is 12.6 Å². The van der Waals surface area contributed by atoms with Crippen molar-refractivity contribution < 1.29 is 36.6 Å². The number of benzene rings is 2. The number of nitrogens with one attached hydrogen (secondary N) is 1. The fraction of sp³-hybridized carbons (Fsp3) is 0.333. The lowest BCUT2D eigenvalue weighted by molar-refractivity contribution is -0.146. The highest BCUT2D eigenvalue weighted by Gasteiger charge is 2.32. The zero-order valence-corrected chi connectivity index (χ0v) is 16.4. The summed E-state index contributed by atoms with van der Waals surface area (Å²) in [5, 5.41) is 2.38. The van der Waals surface area contributed by atoms with E-state index in [1.165, 1.54) is 24.3 Å². The van der Waals surface area contributed by atoms with Gasteiger partial charge in [0.15, 0.2) is 6.61 Å². The highest BCUT2D eigenvalue weighted by Crippen LogP contribution is 2.35. The van der Waals surface area contributed by atoms with E-state index in [1.807, 2.05) is 0 Å². The van der Waals surface area contributed by atoms with E-state index in [0.717, 1.165) is 12.1 Å². The van der Waals surface area contributed by atoms with Crippen LogP contribution in [0.25, 0.3) is 0 Å². The van der Waals surface area contributed by atoms with Gasteiger partial charge in [0, 0.05) is 13.1 Å². The zero-order chi connectivity index (χ0) is 22.4. The molecule has 1 aliphatic rings. The molecule has 10 heteroatoms. The number of rotatable bonds is 6. The van der Waals surface area contributed by atoms with Gasteiger partial charge < -0.3 is 19.7 Å². The van der Waals surface area contributed by atoms with Crippen molar-refractivity contribution in [3.63, 3.8) is 0 Å². The Labute approximate surface area is 175 Å². The first-order valence-corrected chi connectivity index (χ1v) is 9.47. The summed E-state index contributed by atoms with van der Waals surface area (Å²) in [6, 6.07) is 8.69. The monoisotopic (exact) mass is 440 g/mol. The molecule has 6 nitrogen and oxygen atoms in total. The topological polar surface area (TPSA) is 67.9 Å². The minimum absolute atomic E-state index is 0.0492. The first-order valence-electron chi connectivity index (χ1n) is 9.47. The van der Waals surface area contributed by atoms with Gasteiger partial charge in [-0.25, -0.2) is 4.39 Å². The maximum atomic E-state index is 13.6. The maximum Gasteiger partial charge on any atom is 0.416 e. The molecule has 0 spiro atoms. The summed E-state index contributed by atoms with van der Waals surface area (Å²) < 4.78 is 63.1. The van der Waals surface area contributed by atoms with Crippen LogP contribution in [0.3, 0.4) is 0 Å². The van der Waals surface area contributed by atoms with Gasteiger partial charge in [0.05, 0.1) is 36.6 Å². The van der Waals surface area contributed by atoms with Crippen LogP contribution in [0.2, 0.25) is 0 Å². The number of amides is 1. The number of ether oxygens (including phenoxy) is 2. The van der Waals surface area contributed by atoms with E-state index in [1.54, 1.807) is 11.0 Å². The molecule has 0 bridgehead atoms. The molecule has 1 amide bonds. The number of hydrogen-bond donors (Lipinski definition) is 1. The molecule has 0 saturated carbocycles. The predicted molar refractivity (Wildman–Crippen MR) is 104 cm³/mol. The molecular formula is C21H20F4N2O4. The van der Waals surface area contributed by atoms with Gasteiger partial charge in [0.1, 0.15) is 5.82 Å². The third kappa shape index (κ3) is 6.17. The smallest absolute Gasteiger partial charge is 0.416 e. The molecule has 0 aliphatic carbocycles. The molecule has 1 heterocycles. The fourth-order valence-corrected chi connectivity index (χ4v) is 3.07. The number of carbonyl (C=O) groups is 2. The van der Waals surface area contributed by atoms with Crippen LogP contribution in [-0.2, 0) is 31.7 Å². The summed E-state index contributed by atoms with van der Waals surface area (Å²) in [5.41, 5.74) is -0.453. The van der Waals surface area contributed by atoms with E-state index in [-0.39, 0.29) is 17.7 Å². The molecule has 31 heavy (non-hydrogen) atoms. The summed E-state index contributed by atoms with van der Waals surface area (Å²) in [5.74, 6) is -2.23. The highest BCUT2D eigenvalue weighted by atomic mass is 19.4. The average molecular weight is 440 g/mol. The second-order valence-electron chi connectivity index (χ2n) is 6.81. The Morgan fingerprint density at radius 1 is 1.10 bits per heavy atom. The van der Waals surface area contributed by atoms with Crippen molar-refractivity contribution in [3.8, 4) is 0 Å². The fourth-order valence-electron chi connectivity index (χ4n) is 3.07. The van der Waals surface area contributed by atoms with Crippen molar-refractivity contribution in [3.05, 3.63) is 59.4 Å². The summed E-state index contributed by atoms with van der Waals surface area (Å²) >= 11 is 0. The Hall–Kier alpha value is -3.14. The molecule has 0 atom stereocenters. The molecular weight excluding hydrogens is 420 g/mol. The summed E-state index contributed by atoms with van der Waals surface area (Å²) in [6.45, 7) is 0.994. The van der Waals surface area contributed by atoms with Crippen molar-refractivity contribution in [1.82, 2.24) is 0 Å². The highest BCUT2D eigenvalue weighted by molar-refractivity contribution is 5.96. The quantitative estimate of drug-likeness (QED) is 0.551. The molecule has 0 aromatic heterocycles. The van der Waals surface area contributed by atoms with Crippen LogP contribution >= 0.6 is 0 Å². The van der Waals surface area contributed by atoms with Crippen LogP contribution in [0.1, 0.15) is 11.1 Å². The van der Waals surface area contributed by atoms with Crippen molar-refractivity contribution in [2.75, 3.05) is 43.1 Å². The summed E-state index contributed by atoms with van der Waals surface area (Å²) in [4.78, 5) is 25.9. The lowest BCUT2D eigenvalue weighted by Gasteiger charge is -2.31. The van der Waals surface area contributed by atoms with Gasteiger partial charge in [-0.15, -0.1) is 0 Å². The second-order valence-corrected chi connectivity index (χ2v) is 6.81. The number of hydrogen-bond acceptors (Lipinski definition) is 5. The molecule has 1 aliphatic heterocycles. The van der Waals surface area contributed by atoms with Gasteiger partial charge in [0.25, 0.3) is 5.91 Å². The number of anilines is 2. The molecule has 1 fully saturated rings. The number of morpholine rings is 1. The third-order valence-corrected chi connectivity index (χ3v) is 4.61. The van der Waals surface area contributed by atoms with E-state index in [9.17, 15) is 27.2 Å². The van der Waals surface area contributed by atoms with Gasteiger partial charge in [-0.05, 0) is 29.8 Å². The van der Waals surface area contributed by atoms with E-state index in [2.05, 4.69) is 5.32 Å². The van der Waals surface area contributed by atoms with E-state index >= 15 is 0 Å². The van der Waals surface area contributed by atoms with E-state index in [0.29, 0.717) is 32.0 Å². The lowest BCUT2D eigenvalue weighted by atomic mass is 10.1. The first kappa shape index (κ1) is 22.5. The number of halogens is 4. The third-order valence-electron chi connectivity index (χ3n) is 4.61. The normalized spacial score (nSPS) is 14.3. The van der Waals surface area contributed by atoms with Gasteiger partial charge >= 0.3 is 12.1 Å². The van der Waals surface area contributed by atoms with Gasteiger partial charge in [-0.2, -0.15) is 13.2 Å². The van der Waals surface area contributed by atoms with Crippen LogP contribution in [0.15, 0.2) is 42.5 Å². The van der Waals surface area contributed by atoms with Crippen molar-refractivity contribution in [2.24, 2.45) is 0 Å². The second kappa shape index (κ2) is 9.78. The standard InChI is InChI=1S/C21H20F4N2O4/c22-16-4-2-1-3-14(16)11-20(29)31-13-19(28)26-17-12-15(21(23,24)25)5-6-18(17)27-7-9-30-10-8-27/h1-6,12H,7-11,13H2,(H,26,28). The molecule has 3 rings (SSSR count). The van der Waals surface area contributed by atoms with Gasteiger partial charge in [-0.1, -0.05) is 18.2 Å². The number of esters is 1. The van der Waals surface area contributed by atoms with Crippen LogP contribution < -0.4 is 10.2 Å². The molecule has 2 aromatic rings. The average Bonchev–Trinajstić information content (AvgIpc) is 2.74. The number of carbonyl (C=O) groups excluding carboxylic acids is 2. The van der Waals surface area contributed by atoms with E-state index < -0.39 is 36.0 Å². The maximum absolute atomic E-state index is 13.6. The van der Waals surface area contributed by atoms with Crippen LogP contribution in [0, 0.1) is 5.82 Å². The summed E-state index contributed by atoms with van der Waals surface area (Å²) in [7, 11) is 0. The first-order chi connectivity index (χ1) is 14.7. The van der Waals surface area contributed by atoms with Gasteiger partial charge in [0.2, 0.25) is 0 Å². The SMILES string of the molecule is O=C(COC(=O)Cc1ccccc1F)Nc1cc(C(F)(F)F)ccc1N1CCOCC1. The number of alkyl halides is 3. The minimum atomic E-state index is -4.59. The Morgan fingerprint density at radius 3 is 2.48 bits per heavy atom. The molecule has 1 N–H and O–H groups in total. The molecule has 166 valence electrons. The van der Waals surface area contributed by atoms with Crippen LogP contribution in [-0.4, -0.2) is 44.8 Å². The number of nitrogens with zero attached hydrogens (tertiary/aromatic N) is 1. The zero-order valence-electron chi connectivity index (χ0n) is 16.4. The molecule has 2 aromatic carbocycles. The Morgan fingerprint density at radius 2 is 1.81 bits per heavy atom.